The molecule has 2 heterocycles. The predicted molar refractivity (Wildman–Crippen MR) is 146 cm³/mol. The molecule has 3 N–H and O–H groups in total. The van der Waals surface area contributed by atoms with Crippen molar-refractivity contribution < 1.29 is 23.4 Å². The van der Waals surface area contributed by atoms with Gasteiger partial charge in [0.05, 0.1) is 38.6 Å². The average molecular weight is 529 g/mol. The third kappa shape index (κ3) is 4.89. The van der Waals surface area contributed by atoms with Crippen molar-refractivity contribution in [2.75, 3.05) is 27.1 Å². The van der Waals surface area contributed by atoms with E-state index >= 15 is 0 Å². The van der Waals surface area contributed by atoms with Crippen LogP contribution in [-0.4, -0.2) is 48.1 Å². The summed E-state index contributed by atoms with van der Waals surface area (Å²) in [5.41, 5.74) is 9.78. The van der Waals surface area contributed by atoms with E-state index in [-0.39, 0.29) is 23.7 Å². The van der Waals surface area contributed by atoms with Crippen molar-refractivity contribution in [2.45, 2.75) is 6.54 Å². The fraction of sp³-hybridized carbons (Fsp3) is 0.143. The highest BCUT2D eigenvalue weighted by Gasteiger charge is 2.24. The number of benzene rings is 3. The van der Waals surface area contributed by atoms with Crippen molar-refractivity contribution in [3.05, 3.63) is 83.2 Å². The Kier molecular flexibility index (Phi) is 6.96. The minimum absolute atomic E-state index is 0.0561. The number of methoxy groups -OCH3 is 3. The van der Waals surface area contributed by atoms with E-state index in [1.165, 1.54) is 44.4 Å². The topological polar surface area (TPSA) is 126 Å². The van der Waals surface area contributed by atoms with Crippen LogP contribution in [0.4, 0.5) is 10.2 Å². The van der Waals surface area contributed by atoms with Gasteiger partial charge in [0.15, 0.2) is 17.1 Å². The van der Waals surface area contributed by atoms with E-state index < -0.39 is 5.91 Å². The lowest BCUT2D eigenvalue weighted by atomic mass is 10.2. The third-order valence-corrected chi connectivity index (χ3v) is 6.08. The van der Waals surface area contributed by atoms with Crippen molar-refractivity contribution in [3.63, 3.8) is 0 Å². The quantitative estimate of drug-likeness (QED) is 0.290. The standard InChI is InChI=1S/C28H25FN6O4/c1-37-21-12-17(13-22(38-2)25(21)39-3)15-32-35-26(30)23(28(36)31-14-16-8-10-18(29)11-9-16)24-27(35)34-20-7-5-4-6-19(20)33-24/h4-13,15H,14,30H2,1-3H3,(H,31,36)/b32-15+. The van der Waals surface area contributed by atoms with E-state index in [2.05, 4.69) is 15.4 Å². The smallest absolute Gasteiger partial charge is 0.257 e. The van der Waals surface area contributed by atoms with Gasteiger partial charge in [-0.2, -0.15) is 9.78 Å². The molecule has 0 saturated heterocycles. The molecule has 0 atom stereocenters. The van der Waals surface area contributed by atoms with Crippen molar-refractivity contribution in [3.8, 4) is 17.2 Å². The summed E-state index contributed by atoms with van der Waals surface area (Å²) in [6.45, 7) is 0.168. The molecule has 10 nitrogen and oxygen atoms in total. The molecule has 0 aliphatic rings. The average Bonchev–Trinajstić information content (AvgIpc) is 3.23. The normalized spacial score (nSPS) is 11.3. The first-order valence-electron chi connectivity index (χ1n) is 11.9. The lowest BCUT2D eigenvalue weighted by Gasteiger charge is -2.12. The number of nitrogen functional groups attached to an aromatic ring is 1. The molecule has 0 saturated carbocycles. The van der Waals surface area contributed by atoms with Crippen LogP contribution in [0.1, 0.15) is 21.5 Å². The van der Waals surface area contributed by atoms with Crippen LogP contribution < -0.4 is 25.3 Å². The monoisotopic (exact) mass is 528 g/mol. The zero-order chi connectivity index (χ0) is 27.5. The first-order chi connectivity index (χ1) is 18.9. The summed E-state index contributed by atoms with van der Waals surface area (Å²) in [6, 6.07) is 16.6. The second kappa shape index (κ2) is 10.7. The highest BCUT2D eigenvalue weighted by molar-refractivity contribution is 6.10. The summed E-state index contributed by atoms with van der Waals surface area (Å²) in [5, 5.41) is 7.36. The van der Waals surface area contributed by atoms with Gasteiger partial charge in [-0.3, -0.25) is 4.79 Å². The Morgan fingerprint density at radius 1 is 1.00 bits per heavy atom. The molecule has 0 radical (unpaired) electrons. The van der Waals surface area contributed by atoms with Crippen LogP contribution in [0.3, 0.4) is 0 Å². The Morgan fingerprint density at radius 3 is 2.26 bits per heavy atom. The lowest BCUT2D eigenvalue weighted by molar-refractivity contribution is 0.0953. The second-order valence-corrected chi connectivity index (χ2v) is 8.47. The number of amides is 1. The number of anilines is 1. The molecule has 2 aromatic heterocycles. The number of nitrogens with zero attached hydrogens (tertiary/aromatic N) is 4. The maximum absolute atomic E-state index is 13.3. The number of nitrogens with one attached hydrogen (secondary N) is 1. The molecule has 5 rings (SSSR count). The van der Waals surface area contributed by atoms with E-state index in [1.54, 1.807) is 30.3 Å². The van der Waals surface area contributed by atoms with E-state index in [9.17, 15) is 9.18 Å². The first-order valence-corrected chi connectivity index (χ1v) is 11.9. The molecule has 0 aliphatic heterocycles. The number of rotatable bonds is 8. The second-order valence-electron chi connectivity index (χ2n) is 8.47. The fourth-order valence-corrected chi connectivity index (χ4v) is 4.16. The van der Waals surface area contributed by atoms with Crippen LogP contribution in [0, 0.1) is 5.82 Å². The number of aromatic nitrogens is 3. The van der Waals surface area contributed by atoms with Crippen LogP contribution in [0.5, 0.6) is 17.2 Å². The summed E-state index contributed by atoms with van der Waals surface area (Å²) in [6.07, 6.45) is 1.54. The summed E-state index contributed by atoms with van der Waals surface area (Å²) < 4.78 is 30.9. The highest BCUT2D eigenvalue weighted by atomic mass is 19.1. The maximum Gasteiger partial charge on any atom is 0.257 e. The van der Waals surface area contributed by atoms with Crippen molar-refractivity contribution in [1.29, 1.82) is 0 Å². The highest BCUT2D eigenvalue weighted by Crippen LogP contribution is 2.38. The van der Waals surface area contributed by atoms with Gasteiger partial charge in [-0.1, -0.05) is 24.3 Å². The van der Waals surface area contributed by atoms with Crippen LogP contribution >= 0.6 is 0 Å². The maximum atomic E-state index is 13.3. The Hall–Kier alpha value is -5.19. The minimum Gasteiger partial charge on any atom is -0.493 e. The SMILES string of the molecule is COc1cc(/C=N/n2c(N)c(C(=O)NCc3ccc(F)cc3)c3nc4ccccc4nc32)cc(OC)c1OC. The Balaban J connectivity index is 1.59. The number of ether oxygens (including phenoxy) is 3. The Morgan fingerprint density at radius 2 is 1.64 bits per heavy atom. The number of fused-ring (bicyclic) bond motifs is 2. The van der Waals surface area contributed by atoms with Gasteiger partial charge in [0.1, 0.15) is 22.7 Å². The summed E-state index contributed by atoms with van der Waals surface area (Å²) >= 11 is 0. The van der Waals surface area contributed by atoms with Crippen LogP contribution in [0.25, 0.3) is 22.2 Å². The largest absolute Gasteiger partial charge is 0.493 e. The van der Waals surface area contributed by atoms with Gasteiger partial charge in [-0.05, 0) is 42.0 Å². The van der Waals surface area contributed by atoms with Gasteiger partial charge < -0.3 is 25.3 Å². The van der Waals surface area contributed by atoms with Gasteiger partial charge in [0, 0.05) is 12.1 Å². The number of carbonyl (C=O) groups is 1. The van der Waals surface area contributed by atoms with Gasteiger partial charge in [0.2, 0.25) is 5.75 Å². The zero-order valence-electron chi connectivity index (χ0n) is 21.4. The number of nitrogens with two attached hydrogens (primary N) is 1. The van der Waals surface area contributed by atoms with Gasteiger partial charge in [-0.25, -0.2) is 14.4 Å². The van der Waals surface area contributed by atoms with Crippen LogP contribution in [-0.2, 0) is 6.54 Å². The fourth-order valence-electron chi connectivity index (χ4n) is 4.16. The molecule has 5 aromatic rings. The van der Waals surface area contributed by atoms with Crippen LogP contribution in [0.2, 0.25) is 0 Å². The number of carbonyl (C=O) groups excluding carboxylic acids is 1. The van der Waals surface area contributed by atoms with Gasteiger partial charge >= 0.3 is 0 Å². The number of halogens is 1. The molecule has 0 aliphatic carbocycles. The number of para-hydroxylation sites is 2. The van der Waals surface area contributed by atoms with E-state index in [0.717, 1.165) is 5.56 Å². The Bertz CT molecular complexity index is 1690. The third-order valence-electron chi connectivity index (χ3n) is 6.08. The first kappa shape index (κ1) is 25.5. The molecule has 0 fully saturated rings. The molecular formula is C28H25FN6O4. The van der Waals surface area contributed by atoms with E-state index in [4.69, 9.17) is 24.9 Å². The van der Waals surface area contributed by atoms with Crippen molar-refractivity contribution >= 4 is 40.1 Å². The molecule has 11 heteroatoms. The minimum atomic E-state index is -0.465. The van der Waals surface area contributed by atoms with Crippen molar-refractivity contribution in [1.82, 2.24) is 20.0 Å². The van der Waals surface area contributed by atoms with Gasteiger partial charge in [0.25, 0.3) is 5.91 Å². The molecule has 39 heavy (non-hydrogen) atoms. The van der Waals surface area contributed by atoms with Crippen molar-refractivity contribution in [2.24, 2.45) is 5.10 Å². The molecular weight excluding hydrogens is 503 g/mol. The van der Waals surface area contributed by atoms with Crippen LogP contribution in [0.15, 0.2) is 65.8 Å². The molecule has 1 amide bonds. The number of hydrogen-bond acceptors (Lipinski definition) is 8. The Labute approximate surface area is 222 Å². The predicted octanol–water partition coefficient (Wildman–Crippen LogP) is 4.14. The van der Waals surface area contributed by atoms with E-state index in [0.29, 0.717) is 45.0 Å². The molecule has 198 valence electrons. The molecule has 3 aromatic carbocycles. The zero-order valence-corrected chi connectivity index (χ0v) is 21.4. The van der Waals surface area contributed by atoms with Gasteiger partial charge in [-0.15, -0.1) is 0 Å². The summed E-state index contributed by atoms with van der Waals surface area (Å²) in [4.78, 5) is 22.7. The summed E-state index contributed by atoms with van der Waals surface area (Å²) in [5.74, 6) is 0.587. The molecule has 0 spiro atoms. The molecule has 0 bridgehead atoms. The summed E-state index contributed by atoms with van der Waals surface area (Å²) in [7, 11) is 4.56. The van der Waals surface area contributed by atoms with E-state index in [1.807, 2.05) is 18.2 Å². The lowest BCUT2D eigenvalue weighted by Crippen LogP contribution is -2.23. The number of hydrogen-bond donors (Lipinski definition) is 2. The molecule has 0 unspecified atom stereocenters.